The molecule has 150 valence electrons. The highest BCUT2D eigenvalue weighted by Gasteiger charge is 2.11. The van der Waals surface area contributed by atoms with Crippen LogP contribution >= 0.6 is 0 Å². The van der Waals surface area contributed by atoms with Gasteiger partial charge in [-0.05, 0) is 48.7 Å². The average molecular weight is 392 g/mol. The molecule has 1 heterocycles. The molecule has 1 aromatic heterocycles. The van der Waals surface area contributed by atoms with Gasteiger partial charge in [-0.25, -0.2) is 9.97 Å². The van der Waals surface area contributed by atoms with Crippen LogP contribution in [-0.4, -0.2) is 36.6 Å². The standard InChI is InChI=1S/C22H24N4O3/c1-15-4-9-20(29-3)19(12-15)26-21(27)17-13-24-22(25-14-17)23-11-10-16-5-7-18(28-2)8-6-16/h4-9,12-14H,10-11H2,1-3H3,(H,26,27)(H,23,24,25). The molecule has 2 N–H and O–H groups in total. The number of ether oxygens (including phenoxy) is 2. The van der Waals surface area contributed by atoms with E-state index in [0.717, 1.165) is 17.7 Å². The van der Waals surface area contributed by atoms with Crippen molar-refractivity contribution in [1.29, 1.82) is 0 Å². The van der Waals surface area contributed by atoms with Gasteiger partial charge in [0.2, 0.25) is 5.95 Å². The Morgan fingerprint density at radius 1 is 1.00 bits per heavy atom. The van der Waals surface area contributed by atoms with Gasteiger partial charge < -0.3 is 20.1 Å². The fourth-order valence-electron chi connectivity index (χ4n) is 2.76. The molecule has 0 aliphatic carbocycles. The number of nitrogens with one attached hydrogen (secondary N) is 2. The molecule has 0 aliphatic rings. The van der Waals surface area contributed by atoms with E-state index in [-0.39, 0.29) is 5.91 Å². The third-order valence-corrected chi connectivity index (χ3v) is 4.37. The number of hydrogen-bond donors (Lipinski definition) is 2. The minimum Gasteiger partial charge on any atom is -0.497 e. The summed E-state index contributed by atoms with van der Waals surface area (Å²) in [6.45, 7) is 2.63. The van der Waals surface area contributed by atoms with Crippen LogP contribution in [0.2, 0.25) is 0 Å². The van der Waals surface area contributed by atoms with Crippen LogP contribution in [0.4, 0.5) is 11.6 Å². The summed E-state index contributed by atoms with van der Waals surface area (Å²) in [7, 11) is 3.21. The van der Waals surface area contributed by atoms with Gasteiger partial charge in [-0.3, -0.25) is 4.79 Å². The quantitative estimate of drug-likeness (QED) is 0.608. The zero-order chi connectivity index (χ0) is 20.6. The molecule has 0 bridgehead atoms. The number of carbonyl (C=O) groups excluding carboxylic acids is 1. The monoisotopic (exact) mass is 392 g/mol. The second kappa shape index (κ2) is 9.54. The van der Waals surface area contributed by atoms with Gasteiger partial charge in [-0.2, -0.15) is 0 Å². The molecule has 0 unspecified atom stereocenters. The van der Waals surface area contributed by atoms with E-state index in [1.165, 1.54) is 18.0 Å². The number of anilines is 2. The van der Waals surface area contributed by atoms with Crippen molar-refractivity contribution in [2.75, 3.05) is 31.4 Å². The normalized spacial score (nSPS) is 10.3. The highest BCUT2D eigenvalue weighted by Crippen LogP contribution is 2.25. The van der Waals surface area contributed by atoms with E-state index >= 15 is 0 Å². The van der Waals surface area contributed by atoms with Gasteiger partial charge in [0.15, 0.2) is 0 Å². The second-order valence-corrected chi connectivity index (χ2v) is 6.48. The van der Waals surface area contributed by atoms with Crippen LogP contribution in [0.3, 0.4) is 0 Å². The molecular formula is C22H24N4O3. The zero-order valence-corrected chi connectivity index (χ0v) is 16.7. The van der Waals surface area contributed by atoms with Crippen molar-refractivity contribution >= 4 is 17.5 Å². The maximum atomic E-state index is 12.5. The maximum absolute atomic E-state index is 12.5. The van der Waals surface area contributed by atoms with Crippen LogP contribution in [0, 0.1) is 6.92 Å². The lowest BCUT2D eigenvalue weighted by Gasteiger charge is -2.11. The summed E-state index contributed by atoms with van der Waals surface area (Å²) in [4.78, 5) is 20.9. The van der Waals surface area contributed by atoms with E-state index in [4.69, 9.17) is 9.47 Å². The van der Waals surface area contributed by atoms with Gasteiger partial charge in [0.05, 0.1) is 25.5 Å². The predicted octanol–water partition coefficient (Wildman–Crippen LogP) is 3.71. The highest BCUT2D eigenvalue weighted by molar-refractivity contribution is 6.04. The summed E-state index contributed by atoms with van der Waals surface area (Å²) in [6, 6.07) is 13.5. The Balaban J connectivity index is 1.55. The second-order valence-electron chi connectivity index (χ2n) is 6.48. The lowest BCUT2D eigenvalue weighted by Crippen LogP contribution is -2.14. The summed E-state index contributed by atoms with van der Waals surface area (Å²) in [6.07, 6.45) is 3.82. The fourth-order valence-corrected chi connectivity index (χ4v) is 2.76. The summed E-state index contributed by atoms with van der Waals surface area (Å²) in [5.74, 6) is 1.62. The maximum Gasteiger partial charge on any atom is 0.258 e. The minimum atomic E-state index is -0.293. The predicted molar refractivity (Wildman–Crippen MR) is 113 cm³/mol. The third kappa shape index (κ3) is 5.44. The van der Waals surface area contributed by atoms with E-state index in [2.05, 4.69) is 20.6 Å². The first-order chi connectivity index (χ1) is 14.1. The Kier molecular flexibility index (Phi) is 6.63. The molecule has 29 heavy (non-hydrogen) atoms. The van der Waals surface area contributed by atoms with Crippen LogP contribution in [-0.2, 0) is 6.42 Å². The minimum absolute atomic E-state index is 0.293. The van der Waals surface area contributed by atoms with Gasteiger partial charge in [-0.15, -0.1) is 0 Å². The molecule has 0 saturated carbocycles. The van der Waals surface area contributed by atoms with E-state index < -0.39 is 0 Å². The SMILES string of the molecule is COc1ccc(CCNc2ncc(C(=O)Nc3cc(C)ccc3OC)cn2)cc1. The lowest BCUT2D eigenvalue weighted by molar-refractivity contribution is 0.102. The van der Waals surface area contributed by atoms with Crippen molar-refractivity contribution in [1.82, 2.24) is 9.97 Å². The van der Waals surface area contributed by atoms with Crippen molar-refractivity contribution in [2.45, 2.75) is 13.3 Å². The fraction of sp³-hybridized carbons (Fsp3) is 0.227. The number of carbonyl (C=O) groups is 1. The molecule has 2 aromatic carbocycles. The van der Waals surface area contributed by atoms with E-state index in [9.17, 15) is 4.79 Å². The smallest absolute Gasteiger partial charge is 0.258 e. The Morgan fingerprint density at radius 2 is 1.72 bits per heavy atom. The Bertz CT molecular complexity index is 957. The average Bonchev–Trinajstić information content (AvgIpc) is 2.75. The van der Waals surface area contributed by atoms with Gasteiger partial charge >= 0.3 is 0 Å². The van der Waals surface area contributed by atoms with Gasteiger partial charge in [-0.1, -0.05) is 18.2 Å². The first kappa shape index (κ1) is 20.1. The van der Waals surface area contributed by atoms with E-state index in [0.29, 0.717) is 29.5 Å². The van der Waals surface area contributed by atoms with Crippen LogP contribution in [0.5, 0.6) is 11.5 Å². The number of aromatic nitrogens is 2. The Morgan fingerprint density at radius 3 is 2.38 bits per heavy atom. The van der Waals surface area contributed by atoms with Crippen LogP contribution in [0.1, 0.15) is 21.5 Å². The van der Waals surface area contributed by atoms with Crippen LogP contribution in [0.25, 0.3) is 0 Å². The summed E-state index contributed by atoms with van der Waals surface area (Å²) in [5.41, 5.74) is 3.18. The van der Waals surface area contributed by atoms with Gasteiger partial charge in [0.1, 0.15) is 11.5 Å². The molecule has 0 aliphatic heterocycles. The van der Waals surface area contributed by atoms with E-state index in [1.54, 1.807) is 14.2 Å². The lowest BCUT2D eigenvalue weighted by atomic mass is 10.1. The summed E-state index contributed by atoms with van der Waals surface area (Å²) >= 11 is 0. The van der Waals surface area contributed by atoms with Gasteiger partial charge in [0.25, 0.3) is 5.91 Å². The van der Waals surface area contributed by atoms with Crippen molar-refractivity contribution in [3.63, 3.8) is 0 Å². The summed E-state index contributed by atoms with van der Waals surface area (Å²) < 4.78 is 10.4. The first-order valence-corrected chi connectivity index (χ1v) is 9.24. The molecule has 0 radical (unpaired) electrons. The number of aryl methyl sites for hydroxylation is 1. The number of rotatable bonds is 8. The topological polar surface area (TPSA) is 85.4 Å². The third-order valence-electron chi connectivity index (χ3n) is 4.37. The van der Waals surface area contributed by atoms with Gasteiger partial charge in [0, 0.05) is 18.9 Å². The van der Waals surface area contributed by atoms with Crippen LogP contribution in [0.15, 0.2) is 54.9 Å². The molecule has 0 saturated heterocycles. The van der Waals surface area contributed by atoms with Crippen molar-refractivity contribution in [3.05, 3.63) is 71.5 Å². The van der Waals surface area contributed by atoms with Crippen LogP contribution < -0.4 is 20.1 Å². The van der Waals surface area contributed by atoms with E-state index in [1.807, 2.05) is 49.4 Å². The van der Waals surface area contributed by atoms with Crippen molar-refractivity contribution < 1.29 is 14.3 Å². The van der Waals surface area contributed by atoms with Crippen molar-refractivity contribution in [2.24, 2.45) is 0 Å². The number of methoxy groups -OCH3 is 2. The number of amides is 1. The number of nitrogens with zero attached hydrogens (tertiary/aromatic N) is 2. The number of benzene rings is 2. The largest absolute Gasteiger partial charge is 0.497 e. The molecule has 7 nitrogen and oxygen atoms in total. The molecule has 3 rings (SSSR count). The highest BCUT2D eigenvalue weighted by atomic mass is 16.5. The Hall–Kier alpha value is -3.61. The molecular weight excluding hydrogens is 368 g/mol. The summed E-state index contributed by atoms with van der Waals surface area (Å²) in [5, 5.41) is 6.00. The Labute approximate surface area is 170 Å². The molecule has 0 spiro atoms. The first-order valence-electron chi connectivity index (χ1n) is 9.24. The van der Waals surface area contributed by atoms with Crippen molar-refractivity contribution in [3.8, 4) is 11.5 Å². The molecule has 7 heteroatoms. The molecule has 1 amide bonds. The molecule has 0 fully saturated rings. The molecule has 0 atom stereocenters. The zero-order valence-electron chi connectivity index (χ0n) is 16.7. The molecule has 3 aromatic rings. The number of hydrogen-bond acceptors (Lipinski definition) is 6.